The minimum absolute atomic E-state index is 0.151. The van der Waals surface area contributed by atoms with Crippen molar-refractivity contribution in [2.45, 2.75) is 31.8 Å². The lowest BCUT2D eigenvalue weighted by Gasteiger charge is -2.36. The number of rotatable bonds is 13. The highest BCUT2D eigenvalue weighted by atomic mass is 16.6. The van der Waals surface area contributed by atoms with E-state index in [1.165, 1.54) is 0 Å². The van der Waals surface area contributed by atoms with Crippen LogP contribution in [0, 0.1) is 5.92 Å². The molecule has 14 heteroatoms. The summed E-state index contributed by atoms with van der Waals surface area (Å²) >= 11 is 0. The number of hydrazine groups is 1. The van der Waals surface area contributed by atoms with Gasteiger partial charge in [-0.15, -0.1) is 0 Å². The minimum Gasteiger partial charge on any atom is -0.463 e. The number of piperidine rings is 2. The maximum Gasteiger partial charge on any atom is 0.434 e. The van der Waals surface area contributed by atoms with Gasteiger partial charge in [0.15, 0.2) is 0 Å². The molecular weight excluding hydrogens is 787 g/mol. The minimum atomic E-state index is -1.36. The van der Waals surface area contributed by atoms with Gasteiger partial charge in [-0.05, 0) is 80.2 Å². The van der Waals surface area contributed by atoms with Crippen LogP contribution in [0.4, 0.5) is 26.7 Å². The third-order valence-corrected chi connectivity index (χ3v) is 11.3. The third-order valence-electron chi connectivity index (χ3n) is 11.3. The fraction of sp³-hybridized carbons (Fsp3) is 0.271. The molecule has 7 rings (SSSR count). The first kappa shape index (κ1) is 43.1. The second-order valence-corrected chi connectivity index (χ2v) is 15.4. The summed E-state index contributed by atoms with van der Waals surface area (Å²) < 4.78 is 6.18. The molecule has 14 nitrogen and oxygen atoms in total. The van der Waals surface area contributed by atoms with Gasteiger partial charge in [0.05, 0.1) is 17.9 Å². The van der Waals surface area contributed by atoms with Crippen molar-refractivity contribution in [3.63, 3.8) is 0 Å². The molecule has 5 aromatic carbocycles. The molecule has 2 aliphatic heterocycles. The summed E-state index contributed by atoms with van der Waals surface area (Å²) in [6.07, 6.45) is -0.401. The smallest absolute Gasteiger partial charge is 0.434 e. The molecule has 0 aromatic heterocycles. The van der Waals surface area contributed by atoms with Crippen LogP contribution in [0.1, 0.15) is 36.0 Å². The maximum atomic E-state index is 14.5. The molecule has 5 amide bonds. The molecule has 0 atom stereocenters. The van der Waals surface area contributed by atoms with Crippen LogP contribution in [-0.2, 0) is 14.3 Å². The number of para-hydroxylation sites is 2. The van der Waals surface area contributed by atoms with Crippen LogP contribution < -0.4 is 26.4 Å². The molecule has 0 aliphatic carbocycles. The Morgan fingerprint density at radius 3 is 1.79 bits per heavy atom. The van der Waals surface area contributed by atoms with Crippen molar-refractivity contribution in [1.29, 1.82) is 0 Å². The van der Waals surface area contributed by atoms with Crippen molar-refractivity contribution in [1.82, 2.24) is 15.1 Å². The number of nitrogens with two attached hydrogens (primary N) is 1. The number of carboxylic acid groups (broad SMARTS) is 1. The number of likely N-dealkylation sites (tertiary alicyclic amines) is 2. The Balaban J connectivity index is 0.971. The molecule has 62 heavy (non-hydrogen) atoms. The first-order chi connectivity index (χ1) is 30.1. The summed E-state index contributed by atoms with van der Waals surface area (Å²) in [5, 5.41) is 18.8. The number of primary amides is 1. The SMILES string of the molecule is NC(=O)C1CCN(CC(=O)Nc2cccc(C(=O)NCCN3CCC(OC(=O)N(c4ccccc4-c4ccccc4)N(C(=O)O)c4ccccc4-c4ccccc4)CC3)c2)CC1. The van der Waals surface area contributed by atoms with E-state index in [0.717, 1.165) is 21.1 Å². The zero-order valence-corrected chi connectivity index (χ0v) is 34.4. The number of nitrogens with zero attached hydrogens (tertiary/aromatic N) is 4. The first-order valence-corrected chi connectivity index (χ1v) is 20.9. The lowest BCUT2D eigenvalue weighted by molar-refractivity contribution is -0.123. The Kier molecular flexibility index (Phi) is 14.2. The monoisotopic (exact) mass is 837 g/mol. The summed E-state index contributed by atoms with van der Waals surface area (Å²) in [7, 11) is 0. The van der Waals surface area contributed by atoms with E-state index in [0.29, 0.717) is 93.0 Å². The van der Waals surface area contributed by atoms with Crippen molar-refractivity contribution < 1.29 is 33.8 Å². The molecule has 2 fully saturated rings. The van der Waals surface area contributed by atoms with Gasteiger partial charge in [0.2, 0.25) is 11.8 Å². The summed E-state index contributed by atoms with van der Waals surface area (Å²) in [5.74, 6) is -0.925. The fourth-order valence-electron chi connectivity index (χ4n) is 8.01. The second-order valence-electron chi connectivity index (χ2n) is 15.4. The van der Waals surface area contributed by atoms with Crippen molar-refractivity contribution in [3.05, 3.63) is 139 Å². The van der Waals surface area contributed by atoms with Gasteiger partial charge in [0.1, 0.15) is 6.10 Å². The van der Waals surface area contributed by atoms with Crippen LogP contribution in [0.25, 0.3) is 22.3 Å². The fourth-order valence-corrected chi connectivity index (χ4v) is 8.01. The van der Waals surface area contributed by atoms with Gasteiger partial charge in [0.25, 0.3) is 5.91 Å². The quantitative estimate of drug-likeness (QED) is 0.0902. The molecule has 5 N–H and O–H groups in total. The number of hydrogen-bond donors (Lipinski definition) is 4. The number of hydrogen-bond acceptors (Lipinski definition) is 8. The average molecular weight is 838 g/mol. The lowest BCUT2D eigenvalue weighted by Crippen LogP contribution is -2.52. The molecule has 0 saturated carbocycles. The number of carbonyl (C=O) groups is 5. The average Bonchev–Trinajstić information content (AvgIpc) is 3.29. The van der Waals surface area contributed by atoms with Gasteiger partial charge in [-0.1, -0.05) is 103 Å². The molecule has 0 bridgehead atoms. The summed E-state index contributed by atoms with van der Waals surface area (Å²) in [4.78, 5) is 69.4. The second kappa shape index (κ2) is 20.5. The zero-order valence-electron chi connectivity index (χ0n) is 34.4. The van der Waals surface area contributed by atoms with E-state index < -0.39 is 18.3 Å². The number of carbonyl (C=O) groups excluding carboxylic acids is 4. The zero-order chi connectivity index (χ0) is 43.4. The number of nitrogens with one attached hydrogen (secondary N) is 2. The van der Waals surface area contributed by atoms with E-state index in [1.54, 1.807) is 48.5 Å². The van der Waals surface area contributed by atoms with Gasteiger partial charge in [0, 0.05) is 54.5 Å². The van der Waals surface area contributed by atoms with Gasteiger partial charge in [-0.3, -0.25) is 19.3 Å². The first-order valence-electron chi connectivity index (χ1n) is 20.9. The normalized spacial score (nSPS) is 15.0. The molecule has 0 spiro atoms. The Bertz CT molecular complexity index is 2350. The Hall–Kier alpha value is -7.03. The van der Waals surface area contributed by atoms with E-state index in [2.05, 4.69) is 15.5 Å². The topological polar surface area (TPSA) is 178 Å². The number of anilines is 3. The standard InChI is InChI=1S/C48H51N7O7/c49-45(57)36-22-27-53(28-23-36)33-44(56)51-38-17-11-16-37(32-38)46(58)50-26-31-52-29-24-39(25-30-52)62-48(61)55(43-21-10-8-19-41(43)35-14-5-2-6-15-35)54(47(59)60)42-20-9-7-18-40(42)34-12-3-1-4-13-34/h1-21,32,36,39H,22-31,33H2,(H2,49,57)(H,50,58)(H,51,56)(H,59,60). The number of benzene rings is 5. The third kappa shape index (κ3) is 10.8. The highest BCUT2D eigenvalue weighted by Crippen LogP contribution is 2.38. The van der Waals surface area contributed by atoms with Crippen LogP contribution >= 0.6 is 0 Å². The van der Waals surface area contributed by atoms with Gasteiger partial charge in [-0.2, -0.15) is 10.0 Å². The molecule has 0 unspecified atom stereocenters. The molecule has 320 valence electrons. The van der Waals surface area contributed by atoms with Crippen LogP contribution in [0.3, 0.4) is 0 Å². The van der Waals surface area contributed by atoms with Crippen molar-refractivity contribution in [3.8, 4) is 22.3 Å². The van der Waals surface area contributed by atoms with E-state index in [1.807, 2.05) is 89.8 Å². The van der Waals surface area contributed by atoms with Crippen LogP contribution in [0.2, 0.25) is 0 Å². The summed E-state index contributed by atoms with van der Waals surface area (Å²) in [6, 6.07) is 39.9. The highest BCUT2D eigenvalue weighted by Gasteiger charge is 2.36. The van der Waals surface area contributed by atoms with Gasteiger partial charge in [-0.25, -0.2) is 9.59 Å². The summed E-state index contributed by atoms with van der Waals surface area (Å²) in [6.45, 7) is 3.54. The molecule has 2 aliphatic rings. The van der Waals surface area contributed by atoms with Crippen molar-refractivity contribution in [2.75, 3.05) is 61.1 Å². The Morgan fingerprint density at radius 1 is 0.661 bits per heavy atom. The summed E-state index contributed by atoms with van der Waals surface area (Å²) in [5.41, 5.74) is 9.84. The van der Waals surface area contributed by atoms with Gasteiger partial charge >= 0.3 is 12.2 Å². The largest absolute Gasteiger partial charge is 0.463 e. The highest BCUT2D eigenvalue weighted by molar-refractivity contribution is 6.06. The van der Waals surface area contributed by atoms with Crippen molar-refractivity contribution >= 4 is 47.0 Å². The number of ether oxygens (including phenoxy) is 1. The molecule has 5 aromatic rings. The van der Waals surface area contributed by atoms with E-state index in [9.17, 15) is 29.1 Å². The van der Waals surface area contributed by atoms with E-state index in [-0.39, 0.29) is 35.9 Å². The lowest BCUT2D eigenvalue weighted by atomic mass is 9.96. The van der Waals surface area contributed by atoms with Gasteiger partial charge < -0.3 is 31.1 Å². The molecule has 2 heterocycles. The predicted molar refractivity (Wildman–Crippen MR) is 238 cm³/mol. The molecular formula is C48H51N7O7. The Labute approximate surface area is 360 Å². The van der Waals surface area contributed by atoms with Crippen LogP contribution in [-0.4, -0.2) is 96.7 Å². The van der Waals surface area contributed by atoms with E-state index >= 15 is 0 Å². The predicted octanol–water partition coefficient (Wildman–Crippen LogP) is 7.09. The van der Waals surface area contributed by atoms with Crippen LogP contribution in [0.15, 0.2) is 133 Å². The maximum absolute atomic E-state index is 14.5. The van der Waals surface area contributed by atoms with E-state index in [4.69, 9.17) is 10.5 Å². The molecule has 2 saturated heterocycles. The van der Waals surface area contributed by atoms with Crippen LogP contribution in [0.5, 0.6) is 0 Å². The van der Waals surface area contributed by atoms with Crippen molar-refractivity contribution in [2.24, 2.45) is 11.7 Å². The molecule has 0 radical (unpaired) electrons. The Morgan fingerprint density at radius 2 is 1.21 bits per heavy atom. The number of amides is 5.